The third-order valence-corrected chi connectivity index (χ3v) is 13.9. The number of benzene rings is 1. The fourth-order valence-corrected chi connectivity index (χ4v) is 7.52. The molecule has 0 aliphatic rings. The first kappa shape index (κ1) is 39.7. The molecule has 0 radical (unpaired) electrons. The van der Waals surface area contributed by atoms with E-state index < -0.39 is 0 Å². The van der Waals surface area contributed by atoms with E-state index in [0.717, 1.165) is 32.1 Å². The molecule has 0 bridgehead atoms. The van der Waals surface area contributed by atoms with Gasteiger partial charge in [0.1, 0.15) is 0 Å². The monoisotopic (exact) mass is 593 g/mol. The molecular weight excluding hydrogens is 516 g/mol. The van der Waals surface area contributed by atoms with Gasteiger partial charge in [-0.2, -0.15) is 0 Å². The molecule has 0 heteroatoms. The zero-order chi connectivity index (χ0) is 34.3. The highest BCUT2D eigenvalue weighted by molar-refractivity contribution is 5.42. The van der Waals surface area contributed by atoms with Gasteiger partial charge in [0.05, 0.1) is 0 Å². The van der Waals surface area contributed by atoms with Crippen LogP contribution in [-0.2, 0) is 16.2 Å². The lowest BCUT2D eigenvalue weighted by Gasteiger charge is -2.53. The molecule has 1 aromatic rings. The fourth-order valence-electron chi connectivity index (χ4n) is 7.52. The van der Waals surface area contributed by atoms with Crippen molar-refractivity contribution in [3.63, 3.8) is 0 Å². The van der Waals surface area contributed by atoms with Crippen molar-refractivity contribution in [2.75, 3.05) is 0 Å². The minimum atomic E-state index is -0.0193. The Morgan fingerprint density at radius 3 is 1.14 bits per heavy atom. The van der Waals surface area contributed by atoms with Crippen molar-refractivity contribution in [2.45, 2.75) is 180 Å². The summed E-state index contributed by atoms with van der Waals surface area (Å²) in [7, 11) is 0. The standard InChI is InChI=1S/C43H76/c1-22-25-36(7,8)37(9,10)30-38(11,12)41(17,18)33-27-32(35(4,5)6)28-34(29-33)42(19,20)39(13,14)31-40(15,16)43(21,24-3)26-23-2/h22-23,27-29H,1-2,24-26,30-31H2,3-21H3. The molecule has 248 valence electrons. The van der Waals surface area contributed by atoms with E-state index in [1.54, 1.807) is 0 Å². The molecule has 1 unspecified atom stereocenters. The fraction of sp³-hybridized carbons (Fsp3) is 0.767. The molecule has 0 heterocycles. The van der Waals surface area contributed by atoms with E-state index in [4.69, 9.17) is 0 Å². The minimum absolute atomic E-state index is 0.0191. The molecule has 0 aromatic heterocycles. The van der Waals surface area contributed by atoms with Crippen LogP contribution in [0, 0.1) is 32.5 Å². The average molecular weight is 593 g/mol. The van der Waals surface area contributed by atoms with Crippen LogP contribution in [0.5, 0.6) is 0 Å². The van der Waals surface area contributed by atoms with Gasteiger partial charge in [-0.3, -0.25) is 0 Å². The molecule has 0 amide bonds. The average Bonchev–Trinajstić information content (AvgIpc) is 2.81. The van der Waals surface area contributed by atoms with Gasteiger partial charge < -0.3 is 0 Å². The Labute approximate surface area is 272 Å². The zero-order valence-corrected chi connectivity index (χ0v) is 32.8. The predicted octanol–water partition coefficient (Wildman–Crippen LogP) is 14.0. The van der Waals surface area contributed by atoms with Gasteiger partial charge in [-0.25, -0.2) is 0 Å². The van der Waals surface area contributed by atoms with E-state index in [0.29, 0.717) is 0 Å². The molecule has 0 spiro atoms. The summed E-state index contributed by atoms with van der Waals surface area (Å²) in [6, 6.07) is 7.68. The largest absolute Gasteiger partial charge is 0.103 e. The first-order valence-electron chi connectivity index (χ1n) is 17.3. The summed E-state index contributed by atoms with van der Waals surface area (Å²) in [6.07, 6.45) is 9.78. The molecular formula is C43H76. The summed E-state index contributed by atoms with van der Waals surface area (Å²) in [5.74, 6) is 0. The van der Waals surface area contributed by atoms with Crippen LogP contribution in [0.1, 0.15) is 180 Å². The van der Waals surface area contributed by atoms with Crippen molar-refractivity contribution in [2.24, 2.45) is 32.5 Å². The lowest BCUT2D eigenvalue weighted by atomic mass is 9.51. The summed E-state index contributed by atoms with van der Waals surface area (Å²) >= 11 is 0. The Morgan fingerprint density at radius 1 is 0.465 bits per heavy atom. The van der Waals surface area contributed by atoms with Crippen LogP contribution in [0.25, 0.3) is 0 Å². The molecule has 0 aliphatic carbocycles. The predicted molar refractivity (Wildman–Crippen MR) is 197 cm³/mol. The van der Waals surface area contributed by atoms with Gasteiger partial charge in [0.15, 0.2) is 0 Å². The van der Waals surface area contributed by atoms with Gasteiger partial charge in [0, 0.05) is 0 Å². The van der Waals surface area contributed by atoms with Crippen LogP contribution in [0.2, 0.25) is 0 Å². The third-order valence-electron chi connectivity index (χ3n) is 13.9. The lowest BCUT2D eigenvalue weighted by Crippen LogP contribution is -2.46. The van der Waals surface area contributed by atoms with Crippen LogP contribution in [0.4, 0.5) is 0 Å². The molecule has 0 nitrogen and oxygen atoms in total. The highest BCUT2D eigenvalue weighted by atomic mass is 14.5. The van der Waals surface area contributed by atoms with Crippen LogP contribution in [0.15, 0.2) is 43.5 Å². The smallest absolute Gasteiger partial charge is 0.00520 e. The maximum absolute atomic E-state index is 4.13. The molecule has 43 heavy (non-hydrogen) atoms. The van der Waals surface area contributed by atoms with E-state index in [1.807, 2.05) is 0 Å². The van der Waals surface area contributed by atoms with Gasteiger partial charge in [-0.15, -0.1) is 13.2 Å². The van der Waals surface area contributed by atoms with E-state index in [2.05, 4.69) is 175 Å². The Morgan fingerprint density at radius 2 is 0.814 bits per heavy atom. The van der Waals surface area contributed by atoms with Crippen LogP contribution >= 0.6 is 0 Å². The normalized spacial score (nSPS) is 16.2. The maximum Gasteiger partial charge on any atom is -0.00520 e. The summed E-state index contributed by atoms with van der Waals surface area (Å²) in [5.41, 5.74) is 5.33. The topological polar surface area (TPSA) is 0 Å². The maximum atomic E-state index is 4.13. The summed E-state index contributed by atoms with van der Waals surface area (Å²) in [5, 5.41) is 0. The quantitative estimate of drug-likeness (QED) is 0.178. The second kappa shape index (κ2) is 12.5. The molecule has 0 saturated carbocycles. The first-order valence-corrected chi connectivity index (χ1v) is 17.3. The Hall–Kier alpha value is -1.30. The van der Waals surface area contributed by atoms with Gasteiger partial charge in [-0.05, 0) is 97.5 Å². The van der Waals surface area contributed by atoms with Crippen molar-refractivity contribution in [3.8, 4) is 0 Å². The Kier molecular flexibility index (Phi) is 11.5. The summed E-state index contributed by atoms with van der Waals surface area (Å²) < 4.78 is 0. The zero-order valence-electron chi connectivity index (χ0n) is 32.8. The van der Waals surface area contributed by atoms with Crippen molar-refractivity contribution in [1.82, 2.24) is 0 Å². The van der Waals surface area contributed by atoms with Crippen LogP contribution in [-0.4, -0.2) is 0 Å². The van der Waals surface area contributed by atoms with Crippen molar-refractivity contribution < 1.29 is 0 Å². The van der Waals surface area contributed by atoms with E-state index in [-0.39, 0.29) is 48.7 Å². The second-order valence-electron chi connectivity index (χ2n) is 20.0. The van der Waals surface area contributed by atoms with Gasteiger partial charge in [0.2, 0.25) is 0 Å². The van der Waals surface area contributed by atoms with Crippen molar-refractivity contribution in [1.29, 1.82) is 0 Å². The number of hydrogen-bond acceptors (Lipinski definition) is 0. The van der Waals surface area contributed by atoms with E-state index >= 15 is 0 Å². The lowest BCUT2D eigenvalue weighted by molar-refractivity contribution is 0.00989. The molecule has 1 aromatic carbocycles. The second-order valence-corrected chi connectivity index (χ2v) is 20.0. The molecule has 0 aliphatic heterocycles. The Bertz CT molecular complexity index is 1110. The third kappa shape index (κ3) is 7.93. The summed E-state index contributed by atoms with van der Waals surface area (Å²) in [4.78, 5) is 0. The molecule has 0 saturated heterocycles. The van der Waals surface area contributed by atoms with Gasteiger partial charge >= 0.3 is 0 Å². The van der Waals surface area contributed by atoms with Crippen LogP contribution in [0.3, 0.4) is 0 Å². The van der Waals surface area contributed by atoms with E-state index in [9.17, 15) is 0 Å². The van der Waals surface area contributed by atoms with Crippen molar-refractivity contribution >= 4 is 0 Å². The number of hydrogen-bond donors (Lipinski definition) is 0. The van der Waals surface area contributed by atoms with Gasteiger partial charge in [0.25, 0.3) is 0 Å². The number of allylic oxidation sites excluding steroid dienone is 2. The van der Waals surface area contributed by atoms with Crippen molar-refractivity contribution in [3.05, 3.63) is 60.2 Å². The van der Waals surface area contributed by atoms with Gasteiger partial charge in [-0.1, -0.05) is 162 Å². The molecule has 0 N–H and O–H groups in total. The van der Waals surface area contributed by atoms with Crippen LogP contribution < -0.4 is 0 Å². The highest BCUT2D eigenvalue weighted by Crippen LogP contribution is 2.58. The first-order chi connectivity index (χ1) is 18.9. The highest BCUT2D eigenvalue weighted by Gasteiger charge is 2.49. The van der Waals surface area contributed by atoms with E-state index in [1.165, 1.54) is 16.7 Å². The minimum Gasteiger partial charge on any atom is -0.103 e. The Balaban J connectivity index is 3.83. The molecule has 1 atom stereocenters. The molecule has 0 fully saturated rings. The SMILES string of the molecule is C=CCC(C)(C)C(C)(C)CC(C)(C)C(C)(C)c1cc(C(C)(C)C)cc(C(C)(C)C(C)(C)CC(C)(C)C(C)(CC)CC=C)c1. The number of rotatable bonds is 15. The summed E-state index contributed by atoms with van der Waals surface area (Å²) in [6.45, 7) is 55.0. The molecule has 1 rings (SSSR count).